The van der Waals surface area contributed by atoms with E-state index in [0.29, 0.717) is 19.8 Å². The first-order valence-corrected chi connectivity index (χ1v) is 16.5. The summed E-state index contributed by atoms with van der Waals surface area (Å²) in [5.74, 6) is 0. The van der Waals surface area contributed by atoms with E-state index < -0.39 is 0 Å². The quantitative estimate of drug-likeness (QED) is 0.131. The van der Waals surface area contributed by atoms with Crippen LogP contribution in [0.2, 0.25) is 0 Å². The average Bonchev–Trinajstić information content (AvgIpc) is 2.86. The normalized spacial score (nSPS) is 20.4. The third-order valence-corrected chi connectivity index (χ3v) is 8.14. The van der Waals surface area contributed by atoms with Gasteiger partial charge in [-0.15, -0.1) is 0 Å². The molecule has 2 atom stereocenters. The molecule has 39 heavy (non-hydrogen) atoms. The second-order valence-corrected chi connectivity index (χ2v) is 13.3. The van der Waals surface area contributed by atoms with E-state index in [1.807, 2.05) is 0 Å². The van der Waals surface area contributed by atoms with Crippen molar-refractivity contribution in [3.8, 4) is 0 Å². The Hall–Kier alpha value is -1.46. The van der Waals surface area contributed by atoms with Crippen LogP contribution in [0.5, 0.6) is 0 Å². The van der Waals surface area contributed by atoms with E-state index in [0.717, 1.165) is 44.9 Å². The molecule has 2 N–H and O–H groups in total. The van der Waals surface area contributed by atoms with Gasteiger partial charge in [0.15, 0.2) is 0 Å². The van der Waals surface area contributed by atoms with Crippen LogP contribution in [0.15, 0.2) is 0 Å². The van der Waals surface area contributed by atoms with Crippen molar-refractivity contribution in [2.24, 2.45) is 10.8 Å². The van der Waals surface area contributed by atoms with E-state index in [1.165, 1.54) is 83.5 Å². The molecule has 0 aromatic rings. The van der Waals surface area contributed by atoms with Crippen molar-refractivity contribution in [1.29, 1.82) is 0 Å². The minimum Gasteiger partial charge on any atom is -0.450 e. The van der Waals surface area contributed by atoms with Gasteiger partial charge in [-0.1, -0.05) is 131 Å². The molecule has 6 heteroatoms. The molecule has 0 bridgehead atoms. The molecule has 6 nitrogen and oxygen atoms in total. The topological polar surface area (TPSA) is 76.7 Å². The van der Waals surface area contributed by atoms with Crippen molar-refractivity contribution < 1.29 is 19.1 Å². The molecule has 1 aliphatic carbocycles. The van der Waals surface area contributed by atoms with E-state index >= 15 is 0 Å². The lowest BCUT2D eigenvalue weighted by molar-refractivity contribution is 0.0621. The predicted octanol–water partition coefficient (Wildman–Crippen LogP) is 9.70. The number of carbonyl (C=O) groups excluding carboxylic acids is 2. The van der Waals surface area contributed by atoms with Crippen LogP contribution in [0.4, 0.5) is 9.59 Å². The molecule has 2 unspecified atom stereocenters. The highest BCUT2D eigenvalue weighted by Crippen LogP contribution is 2.45. The molecule has 0 aromatic heterocycles. The fraction of sp³-hybridized carbons (Fsp3) is 0.939. The Kier molecular flexibility index (Phi) is 19.4. The number of unbranched alkanes of at least 4 members (excludes halogenated alkanes) is 15. The summed E-state index contributed by atoms with van der Waals surface area (Å²) in [6.45, 7) is 12.7. The van der Waals surface area contributed by atoms with Crippen LogP contribution in [0, 0.1) is 10.8 Å². The Morgan fingerprint density at radius 2 is 1.08 bits per heavy atom. The maximum Gasteiger partial charge on any atom is 0.407 e. The largest absolute Gasteiger partial charge is 0.450 e. The minimum atomic E-state index is -0.325. The van der Waals surface area contributed by atoms with Gasteiger partial charge in [0.05, 0.1) is 13.2 Å². The van der Waals surface area contributed by atoms with Gasteiger partial charge in [0.2, 0.25) is 0 Å². The molecular weight excluding hydrogens is 488 g/mol. The first-order valence-electron chi connectivity index (χ1n) is 16.5. The van der Waals surface area contributed by atoms with E-state index in [1.54, 1.807) is 0 Å². The van der Waals surface area contributed by atoms with Crippen molar-refractivity contribution in [1.82, 2.24) is 10.6 Å². The Bertz CT molecular complexity index is 639. The van der Waals surface area contributed by atoms with Gasteiger partial charge >= 0.3 is 12.2 Å². The monoisotopic (exact) mass is 552 g/mol. The van der Waals surface area contributed by atoms with Crippen molar-refractivity contribution in [3.63, 3.8) is 0 Å². The van der Waals surface area contributed by atoms with Crippen LogP contribution >= 0.6 is 0 Å². The van der Waals surface area contributed by atoms with Gasteiger partial charge in [-0.05, 0) is 42.9 Å². The van der Waals surface area contributed by atoms with Crippen molar-refractivity contribution in [2.75, 3.05) is 19.8 Å². The summed E-state index contributed by atoms with van der Waals surface area (Å²) in [4.78, 5) is 24.8. The summed E-state index contributed by atoms with van der Waals surface area (Å²) < 4.78 is 10.9. The van der Waals surface area contributed by atoms with E-state index in [4.69, 9.17) is 9.47 Å². The van der Waals surface area contributed by atoms with Gasteiger partial charge in [-0.2, -0.15) is 0 Å². The molecule has 1 rings (SSSR count). The van der Waals surface area contributed by atoms with Crippen LogP contribution in [0.3, 0.4) is 0 Å². The molecule has 0 radical (unpaired) electrons. The Morgan fingerprint density at radius 3 is 1.56 bits per heavy atom. The number of nitrogens with one attached hydrogen (secondary N) is 2. The number of carbonyl (C=O) groups is 2. The number of alkyl carbamates (subject to hydrolysis) is 2. The molecule has 2 amide bonds. The zero-order valence-corrected chi connectivity index (χ0v) is 26.5. The van der Waals surface area contributed by atoms with E-state index in [9.17, 15) is 9.59 Å². The van der Waals surface area contributed by atoms with Crippen LogP contribution in [0.1, 0.15) is 163 Å². The van der Waals surface area contributed by atoms with E-state index in [-0.39, 0.29) is 29.1 Å². The number of amides is 2. The summed E-state index contributed by atoms with van der Waals surface area (Å²) in [7, 11) is 0. The second-order valence-electron chi connectivity index (χ2n) is 13.3. The van der Waals surface area contributed by atoms with Gasteiger partial charge in [0.25, 0.3) is 0 Å². The number of hydrogen-bond donors (Lipinski definition) is 2. The Labute approximate surface area is 241 Å². The number of ether oxygens (including phenoxy) is 2. The molecule has 0 heterocycles. The molecule has 1 saturated carbocycles. The van der Waals surface area contributed by atoms with E-state index in [2.05, 4.69) is 45.3 Å². The summed E-state index contributed by atoms with van der Waals surface area (Å²) in [6, 6.07) is 0.0461. The molecule has 1 aliphatic rings. The van der Waals surface area contributed by atoms with Gasteiger partial charge in [-0.3, -0.25) is 0 Å². The lowest BCUT2D eigenvalue weighted by Crippen LogP contribution is -2.50. The summed E-state index contributed by atoms with van der Waals surface area (Å²) in [5.41, 5.74) is -0.0284. The predicted molar refractivity (Wildman–Crippen MR) is 163 cm³/mol. The average molecular weight is 553 g/mol. The molecule has 230 valence electrons. The maximum absolute atomic E-state index is 12.4. The first kappa shape index (κ1) is 35.6. The highest BCUT2D eigenvalue weighted by atomic mass is 16.6. The summed E-state index contributed by atoms with van der Waals surface area (Å²) >= 11 is 0. The lowest BCUT2D eigenvalue weighted by atomic mass is 9.62. The molecular formula is C33H64N2O4. The minimum absolute atomic E-state index is 0.0461. The zero-order valence-electron chi connectivity index (χ0n) is 26.5. The maximum atomic E-state index is 12.4. The van der Waals surface area contributed by atoms with Crippen LogP contribution < -0.4 is 10.6 Å². The van der Waals surface area contributed by atoms with Gasteiger partial charge < -0.3 is 20.1 Å². The summed E-state index contributed by atoms with van der Waals surface area (Å²) in [6.07, 6.45) is 23.2. The van der Waals surface area contributed by atoms with Gasteiger partial charge in [0, 0.05) is 12.6 Å². The van der Waals surface area contributed by atoms with Crippen LogP contribution in [-0.4, -0.2) is 38.0 Å². The molecule has 0 aromatic carbocycles. The number of rotatable bonds is 22. The van der Waals surface area contributed by atoms with Crippen molar-refractivity contribution >= 4 is 12.2 Å². The fourth-order valence-electron chi connectivity index (χ4n) is 6.39. The molecule has 0 aliphatic heterocycles. The SMILES string of the molecule is CCCCCCCCCCCCOC(=O)NCC1(C)CC(NC(=O)OCCCCCCCCC)CC(C)(C)C1. The third-order valence-electron chi connectivity index (χ3n) is 8.14. The second kappa shape index (κ2) is 21.3. The summed E-state index contributed by atoms with van der Waals surface area (Å²) in [5, 5.41) is 6.11. The smallest absolute Gasteiger partial charge is 0.407 e. The van der Waals surface area contributed by atoms with Gasteiger partial charge in [-0.25, -0.2) is 9.59 Å². The number of hydrogen-bond acceptors (Lipinski definition) is 4. The molecule has 1 fully saturated rings. The zero-order chi connectivity index (χ0) is 28.8. The van der Waals surface area contributed by atoms with Crippen molar-refractivity contribution in [3.05, 3.63) is 0 Å². The fourth-order valence-corrected chi connectivity index (χ4v) is 6.39. The third kappa shape index (κ3) is 19.3. The molecule has 0 saturated heterocycles. The highest BCUT2D eigenvalue weighted by molar-refractivity contribution is 5.68. The first-order chi connectivity index (χ1) is 18.7. The Morgan fingerprint density at radius 1 is 0.641 bits per heavy atom. The van der Waals surface area contributed by atoms with Crippen molar-refractivity contribution in [2.45, 2.75) is 169 Å². The standard InChI is InChI=1S/C33H64N2O4/c1-6-8-10-12-14-15-16-18-20-21-23-38-30(36)34-28-33(5)26-29(25-32(3,4)27-33)35-31(37)39-24-22-19-17-13-11-9-7-2/h29H,6-28H2,1-5H3,(H,34,36)(H,35,37). The lowest BCUT2D eigenvalue weighted by Gasteiger charge is -2.46. The Balaban J connectivity index is 2.21. The van der Waals surface area contributed by atoms with Crippen LogP contribution in [0.25, 0.3) is 0 Å². The van der Waals surface area contributed by atoms with Gasteiger partial charge in [0.1, 0.15) is 0 Å². The van der Waals surface area contributed by atoms with Crippen LogP contribution in [-0.2, 0) is 9.47 Å². The molecule has 0 spiro atoms. The highest BCUT2D eigenvalue weighted by Gasteiger charge is 2.42.